The third-order valence-corrected chi connectivity index (χ3v) is 2.51. The van der Waals surface area contributed by atoms with E-state index in [1.165, 1.54) is 0 Å². The summed E-state index contributed by atoms with van der Waals surface area (Å²) in [5.41, 5.74) is 0.896. The van der Waals surface area contributed by atoms with Gasteiger partial charge >= 0.3 is 0 Å². The average Bonchev–Trinajstić information content (AvgIpc) is 2.36. The molecule has 0 spiro atoms. The van der Waals surface area contributed by atoms with Gasteiger partial charge in [0.1, 0.15) is 5.78 Å². The molecule has 0 radical (unpaired) electrons. The lowest BCUT2D eigenvalue weighted by Crippen LogP contribution is -2.04. The first kappa shape index (κ1) is 13.6. The van der Waals surface area contributed by atoms with Crippen LogP contribution in [0.4, 0.5) is 0 Å². The van der Waals surface area contributed by atoms with Crippen LogP contribution in [0.15, 0.2) is 18.2 Å². The van der Waals surface area contributed by atoms with E-state index >= 15 is 0 Å². The van der Waals surface area contributed by atoms with E-state index in [1.807, 2.05) is 25.1 Å². The summed E-state index contributed by atoms with van der Waals surface area (Å²) >= 11 is 0. The van der Waals surface area contributed by atoms with Gasteiger partial charge in [0.05, 0.1) is 13.7 Å². The Morgan fingerprint density at radius 1 is 1.29 bits per heavy atom. The summed E-state index contributed by atoms with van der Waals surface area (Å²) in [7, 11) is 1.61. The lowest BCUT2D eigenvalue weighted by molar-refractivity contribution is -0.118. The van der Waals surface area contributed by atoms with Crippen LogP contribution in [0.25, 0.3) is 0 Å². The summed E-state index contributed by atoms with van der Waals surface area (Å²) in [4.78, 5) is 11.5. The number of methoxy groups -OCH3 is 1. The molecule has 0 N–H and O–H groups in total. The molecular weight excluding hydrogens is 216 g/mol. The molecule has 17 heavy (non-hydrogen) atoms. The Kier molecular flexibility index (Phi) is 5.53. The molecule has 3 heteroatoms. The maximum Gasteiger partial charge on any atom is 0.164 e. The van der Waals surface area contributed by atoms with Gasteiger partial charge in [-0.3, -0.25) is 4.79 Å². The molecule has 0 fully saturated rings. The van der Waals surface area contributed by atoms with Gasteiger partial charge < -0.3 is 9.47 Å². The first-order chi connectivity index (χ1) is 8.22. The molecule has 94 valence electrons. The van der Waals surface area contributed by atoms with Gasteiger partial charge in [-0.15, -0.1) is 0 Å². The monoisotopic (exact) mass is 236 g/mol. The Morgan fingerprint density at radius 2 is 2.06 bits per heavy atom. The van der Waals surface area contributed by atoms with Gasteiger partial charge in [0.2, 0.25) is 0 Å². The van der Waals surface area contributed by atoms with E-state index in [-0.39, 0.29) is 5.78 Å². The van der Waals surface area contributed by atoms with Crippen molar-refractivity contribution in [3.63, 3.8) is 0 Å². The normalized spacial score (nSPS) is 10.1. The highest BCUT2D eigenvalue weighted by Gasteiger charge is 2.12. The summed E-state index contributed by atoms with van der Waals surface area (Å²) in [5.74, 6) is 1.61. The SMILES string of the molecule is CCCOc1cccc(CC(=O)CC)c1OC. The van der Waals surface area contributed by atoms with Crippen molar-refractivity contribution in [2.75, 3.05) is 13.7 Å². The van der Waals surface area contributed by atoms with E-state index in [9.17, 15) is 4.79 Å². The van der Waals surface area contributed by atoms with Crippen molar-refractivity contribution in [3.8, 4) is 11.5 Å². The zero-order valence-electron chi connectivity index (χ0n) is 10.8. The van der Waals surface area contributed by atoms with E-state index in [2.05, 4.69) is 6.92 Å². The summed E-state index contributed by atoms with van der Waals surface area (Å²) in [6.45, 7) is 4.57. The van der Waals surface area contributed by atoms with Gasteiger partial charge in [-0.2, -0.15) is 0 Å². The fraction of sp³-hybridized carbons (Fsp3) is 0.500. The molecule has 0 saturated carbocycles. The van der Waals surface area contributed by atoms with Crippen LogP contribution < -0.4 is 9.47 Å². The molecule has 1 aromatic rings. The third-order valence-electron chi connectivity index (χ3n) is 2.51. The van der Waals surface area contributed by atoms with Gasteiger partial charge in [0, 0.05) is 18.4 Å². The van der Waals surface area contributed by atoms with Gasteiger partial charge in [-0.05, 0) is 12.5 Å². The number of hydrogen-bond donors (Lipinski definition) is 0. The molecule has 1 aromatic carbocycles. The van der Waals surface area contributed by atoms with Crippen molar-refractivity contribution >= 4 is 5.78 Å². The van der Waals surface area contributed by atoms with Crippen molar-refractivity contribution in [2.24, 2.45) is 0 Å². The second kappa shape index (κ2) is 6.94. The van der Waals surface area contributed by atoms with E-state index < -0.39 is 0 Å². The minimum atomic E-state index is 0.205. The lowest BCUT2D eigenvalue weighted by atomic mass is 10.1. The Hall–Kier alpha value is -1.51. The largest absolute Gasteiger partial charge is 0.493 e. The number of benzene rings is 1. The maximum absolute atomic E-state index is 11.5. The minimum Gasteiger partial charge on any atom is -0.493 e. The zero-order valence-corrected chi connectivity index (χ0v) is 10.8. The average molecular weight is 236 g/mol. The Morgan fingerprint density at radius 3 is 2.65 bits per heavy atom. The topological polar surface area (TPSA) is 35.5 Å². The number of ether oxygens (including phenoxy) is 2. The standard InChI is InChI=1S/C14H20O3/c1-4-9-17-13-8-6-7-11(14(13)16-3)10-12(15)5-2/h6-8H,4-5,9-10H2,1-3H3. The molecule has 0 bridgehead atoms. The van der Waals surface area contributed by atoms with Gasteiger partial charge in [-0.1, -0.05) is 26.0 Å². The first-order valence-corrected chi connectivity index (χ1v) is 6.03. The van der Waals surface area contributed by atoms with Gasteiger partial charge in [0.25, 0.3) is 0 Å². The van der Waals surface area contributed by atoms with E-state index in [1.54, 1.807) is 7.11 Å². The summed E-state index contributed by atoms with van der Waals surface area (Å²) in [6.07, 6.45) is 1.90. The molecule has 3 nitrogen and oxygen atoms in total. The second-order valence-corrected chi connectivity index (χ2v) is 3.87. The molecule has 0 atom stereocenters. The second-order valence-electron chi connectivity index (χ2n) is 3.87. The van der Waals surface area contributed by atoms with Gasteiger partial charge in [0.15, 0.2) is 11.5 Å². The minimum absolute atomic E-state index is 0.205. The highest BCUT2D eigenvalue weighted by Crippen LogP contribution is 2.31. The Bertz CT molecular complexity index is 372. The van der Waals surface area contributed by atoms with Crippen LogP contribution in [-0.2, 0) is 11.2 Å². The first-order valence-electron chi connectivity index (χ1n) is 6.03. The van der Waals surface area contributed by atoms with Gasteiger partial charge in [-0.25, -0.2) is 0 Å². The number of rotatable bonds is 7. The molecule has 1 rings (SSSR count). The zero-order chi connectivity index (χ0) is 12.7. The highest BCUT2D eigenvalue weighted by atomic mass is 16.5. The fourth-order valence-electron chi connectivity index (χ4n) is 1.60. The van der Waals surface area contributed by atoms with Crippen molar-refractivity contribution in [1.82, 2.24) is 0 Å². The van der Waals surface area contributed by atoms with Crippen molar-refractivity contribution in [3.05, 3.63) is 23.8 Å². The number of carbonyl (C=O) groups is 1. The van der Waals surface area contributed by atoms with Crippen molar-refractivity contribution < 1.29 is 14.3 Å². The molecule has 0 amide bonds. The quantitative estimate of drug-likeness (QED) is 0.730. The van der Waals surface area contributed by atoms with Crippen LogP contribution in [-0.4, -0.2) is 19.5 Å². The van der Waals surface area contributed by atoms with E-state index in [4.69, 9.17) is 9.47 Å². The smallest absolute Gasteiger partial charge is 0.164 e. The predicted molar refractivity (Wildman–Crippen MR) is 67.8 cm³/mol. The Labute approximate surface area is 103 Å². The third kappa shape index (κ3) is 3.77. The van der Waals surface area contributed by atoms with E-state index in [0.717, 1.165) is 17.7 Å². The molecule has 0 unspecified atom stereocenters. The number of Topliss-reactive ketones (excluding diaryl/α,β-unsaturated/α-hetero) is 1. The molecular formula is C14H20O3. The molecule has 0 aliphatic rings. The summed E-state index contributed by atoms with van der Waals surface area (Å²) in [5, 5.41) is 0. The van der Waals surface area contributed by atoms with Crippen molar-refractivity contribution in [2.45, 2.75) is 33.1 Å². The summed E-state index contributed by atoms with van der Waals surface area (Å²) in [6, 6.07) is 5.67. The number of hydrogen-bond acceptors (Lipinski definition) is 3. The number of ketones is 1. The molecule has 0 aromatic heterocycles. The van der Waals surface area contributed by atoms with E-state index in [0.29, 0.717) is 25.2 Å². The van der Waals surface area contributed by atoms with Crippen LogP contribution in [0.1, 0.15) is 32.3 Å². The Balaban J connectivity index is 2.92. The number of para-hydroxylation sites is 1. The van der Waals surface area contributed by atoms with Crippen LogP contribution in [0.3, 0.4) is 0 Å². The molecule has 0 saturated heterocycles. The summed E-state index contributed by atoms with van der Waals surface area (Å²) < 4.78 is 10.9. The highest BCUT2D eigenvalue weighted by molar-refractivity contribution is 5.81. The predicted octanol–water partition coefficient (Wildman–Crippen LogP) is 3.01. The molecule has 0 aliphatic carbocycles. The van der Waals surface area contributed by atoms with Crippen LogP contribution in [0.5, 0.6) is 11.5 Å². The van der Waals surface area contributed by atoms with Crippen molar-refractivity contribution in [1.29, 1.82) is 0 Å². The van der Waals surface area contributed by atoms with Crippen LogP contribution >= 0.6 is 0 Å². The maximum atomic E-state index is 11.5. The number of carbonyl (C=O) groups excluding carboxylic acids is 1. The van der Waals surface area contributed by atoms with Crippen LogP contribution in [0.2, 0.25) is 0 Å². The lowest BCUT2D eigenvalue weighted by Gasteiger charge is -2.13. The molecule has 0 heterocycles. The van der Waals surface area contributed by atoms with Crippen LogP contribution in [0, 0.1) is 0 Å². The fourth-order valence-corrected chi connectivity index (χ4v) is 1.60. The molecule has 0 aliphatic heterocycles.